The molecule has 2 rings (SSSR count). The molecule has 1 amide bonds. The van der Waals surface area contributed by atoms with Crippen molar-refractivity contribution in [2.24, 2.45) is 0 Å². The fraction of sp³-hybridized carbons (Fsp3) is 0.273. The molecule has 1 aliphatic heterocycles. The second kappa shape index (κ2) is 4.57. The van der Waals surface area contributed by atoms with Crippen LogP contribution in [0.2, 0.25) is 0 Å². The molecule has 1 aromatic rings. The molecule has 0 aromatic carbocycles. The van der Waals surface area contributed by atoms with E-state index in [2.05, 4.69) is 27.0 Å². The Bertz CT molecular complexity index is 386. The number of amides is 1. The van der Waals surface area contributed by atoms with E-state index in [-0.39, 0.29) is 5.91 Å². The van der Waals surface area contributed by atoms with Crippen molar-refractivity contribution in [3.63, 3.8) is 0 Å². The number of halogens is 1. The predicted molar refractivity (Wildman–Crippen MR) is 61.6 cm³/mol. The Morgan fingerprint density at radius 1 is 1.40 bits per heavy atom. The Hall–Kier alpha value is -1.16. The summed E-state index contributed by atoms with van der Waals surface area (Å²) in [6, 6.07) is 3.57. The molecule has 0 spiro atoms. The first kappa shape index (κ1) is 10.4. The average Bonchev–Trinajstić information content (AvgIpc) is 2.30. The Kier molecular flexibility index (Phi) is 3.16. The van der Waals surface area contributed by atoms with Gasteiger partial charge in [-0.3, -0.25) is 4.79 Å². The summed E-state index contributed by atoms with van der Waals surface area (Å²) in [7, 11) is 0. The van der Waals surface area contributed by atoms with Crippen LogP contribution >= 0.6 is 15.9 Å². The summed E-state index contributed by atoms with van der Waals surface area (Å²) in [4.78, 5) is 17.8. The van der Waals surface area contributed by atoms with Crippen LogP contribution in [0.4, 0.5) is 0 Å². The van der Waals surface area contributed by atoms with E-state index in [1.54, 1.807) is 18.3 Å². The molecule has 0 fully saturated rings. The summed E-state index contributed by atoms with van der Waals surface area (Å²) in [5.41, 5.74) is 0.647. The van der Waals surface area contributed by atoms with Crippen LogP contribution in [0.3, 0.4) is 0 Å². The van der Waals surface area contributed by atoms with Gasteiger partial charge in [0, 0.05) is 19.3 Å². The molecule has 0 unspecified atom stereocenters. The molecule has 0 radical (unpaired) electrons. The summed E-state index contributed by atoms with van der Waals surface area (Å²) < 4.78 is 0.748. The molecular weight excluding hydrogens is 256 g/mol. The van der Waals surface area contributed by atoms with Crippen LogP contribution in [-0.2, 0) is 0 Å². The zero-order chi connectivity index (χ0) is 10.7. The van der Waals surface area contributed by atoms with E-state index in [0.29, 0.717) is 12.1 Å². The van der Waals surface area contributed by atoms with E-state index in [4.69, 9.17) is 0 Å². The fourth-order valence-electron chi connectivity index (χ4n) is 1.51. The zero-order valence-electron chi connectivity index (χ0n) is 8.19. The summed E-state index contributed by atoms with van der Waals surface area (Å²) in [6.07, 6.45) is 6.66. The maximum atomic E-state index is 11.9. The molecule has 0 aliphatic carbocycles. The van der Waals surface area contributed by atoms with Crippen molar-refractivity contribution in [2.45, 2.75) is 6.42 Å². The number of rotatable bonds is 1. The SMILES string of the molecule is O=C(c1ccc(Br)nc1)N1CC=CCC1. The normalized spacial score (nSPS) is 15.4. The van der Waals surface area contributed by atoms with Crippen LogP contribution in [0.1, 0.15) is 16.8 Å². The van der Waals surface area contributed by atoms with Crippen molar-refractivity contribution >= 4 is 21.8 Å². The molecule has 0 saturated heterocycles. The van der Waals surface area contributed by atoms with Crippen LogP contribution in [0.15, 0.2) is 35.1 Å². The Balaban J connectivity index is 2.13. The third-order valence-corrected chi connectivity index (χ3v) is 2.79. The number of carbonyl (C=O) groups excluding carboxylic acids is 1. The van der Waals surface area contributed by atoms with Gasteiger partial charge >= 0.3 is 0 Å². The number of hydrogen-bond donors (Lipinski definition) is 0. The van der Waals surface area contributed by atoms with E-state index in [0.717, 1.165) is 17.6 Å². The maximum absolute atomic E-state index is 11.9. The highest BCUT2D eigenvalue weighted by atomic mass is 79.9. The highest BCUT2D eigenvalue weighted by Crippen LogP contribution is 2.11. The van der Waals surface area contributed by atoms with E-state index in [9.17, 15) is 4.79 Å². The minimum absolute atomic E-state index is 0.0550. The monoisotopic (exact) mass is 266 g/mol. The van der Waals surface area contributed by atoms with Crippen molar-refractivity contribution in [3.8, 4) is 0 Å². The molecule has 0 atom stereocenters. The standard InChI is InChI=1S/C11H11BrN2O/c12-10-5-4-9(8-13-10)11(15)14-6-2-1-3-7-14/h1-2,4-5,8H,3,6-7H2. The lowest BCUT2D eigenvalue weighted by Gasteiger charge is -2.23. The number of carbonyl (C=O) groups is 1. The fourth-order valence-corrected chi connectivity index (χ4v) is 1.75. The second-order valence-electron chi connectivity index (χ2n) is 3.38. The van der Waals surface area contributed by atoms with Gasteiger partial charge in [0.15, 0.2) is 0 Å². The highest BCUT2D eigenvalue weighted by Gasteiger charge is 2.15. The van der Waals surface area contributed by atoms with Gasteiger partial charge in [0.25, 0.3) is 5.91 Å². The van der Waals surface area contributed by atoms with Crippen LogP contribution in [0, 0.1) is 0 Å². The first-order valence-electron chi connectivity index (χ1n) is 4.83. The smallest absolute Gasteiger partial charge is 0.255 e. The Labute approximate surface area is 96.9 Å². The maximum Gasteiger partial charge on any atom is 0.255 e. The lowest BCUT2D eigenvalue weighted by atomic mass is 10.2. The number of hydrogen-bond acceptors (Lipinski definition) is 2. The quantitative estimate of drug-likeness (QED) is 0.577. The summed E-state index contributed by atoms with van der Waals surface area (Å²) >= 11 is 3.24. The van der Waals surface area contributed by atoms with E-state index in [1.807, 2.05) is 11.0 Å². The van der Waals surface area contributed by atoms with Gasteiger partial charge in [-0.15, -0.1) is 0 Å². The number of nitrogens with zero attached hydrogens (tertiary/aromatic N) is 2. The van der Waals surface area contributed by atoms with Crippen LogP contribution in [0.25, 0.3) is 0 Å². The topological polar surface area (TPSA) is 33.2 Å². The summed E-state index contributed by atoms with van der Waals surface area (Å²) in [5.74, 6) is 0.0550. The van der Waals surface area contributed by atoms with Gasteiger partial charge in [0.2, 0.25) is 0 Å². The predicted octanol–water partition coefficient (Wildman–Crippen LogP) is 2.25. The molecule has 3 nitrogen and oxygen atoms in total. The molecule has 78 valence electrons. The molecule has 15 heavy (non-hydrogen) atoms. The third-order valence-electron chi connectivity index (χ3n) is 2.32. The van der Waals surface area contributed by atoms with Gasteiger partial charge in [-0.1, -0.05) is 12.2 Å². The molecule has 4 heteroatoms. The molecule has 1 aliphatic rings. The van der Waals surface area contributed by atoms with Crippen LogP contribution in [-0.4, -0.2) is 28.9 Å². The first-order valence-corrected chi connectivity index (χ1v) is 5.62. The molecule has 0 saturated carbocycles. The minimum Gasteiger partial charge on any atom is -0.335 e. The average molecular weight is 267 g/mol. The Morgan fingerprint density at radius 3 is 2.87 bits per heavy atom. The van der Waals surface area contributed by atoms with E-state index < -0.39 is 0 Å². The van der Waals surface area contributed by atoms with Gasteiger partial charge < -0.3 is 4.90 Å². The molecule has 1 aromatic heterocycles. The molecule has 0 N–H and O–H groups in total. The van der Waals surface area contributed by atoms with E-state index >= 15 is 0 Å². The lowest BCUT2D eigenvalue weighted by Crippen LogP contribution is -2.33. The van der Waals surface area contributed by atoms with Crippen molar-refractivity contribution in [1.82, 2.24) is 9.88 Å². The van der Waals surface area contributed by atoms with Crippen molar-refractivity contribution in [3.05, 3.63) is 40.6 Å². The van der Waals surface area contributed by atoms with Gasteiger partial charge in [-0.05, 0) is 34.5 Å². The second-order valence-corrected chi connectivity index (χ2v) is 4.19. The largest absolute Gasteiger partial charge is 0.335 e. The third kappa shape index (κ3) is 2.45. The summed E-state index contributed by atoms with van der Waals surface area (Å²) in [5, 5.41) is 0. The lowest BCUT2D eigenvalue weighted by molar-refractivity contribution is 0.0770. The van der Waals surface area contributed by atoms with Crippen LogP contribution < -0.4 is 0 Å². The van der Waals surface area contributed by atoms with Gasteiger partial charge in [-0.25, -0.2) is 4.98 Å². The molecule has 2 heterocycles. The molecule has 0 bridgehead atoms. The highest BCUT2D eigenvalue weighted by molar-refractivity contribution is 9.10. The molecular formula is C11H11BrN2O. The first-order chi connectivity index (χ1) is 7.27. The van der Waals surface area contributed by atoms with Gasteiger partial charge in [0.05, 0.1) is 5.56 Å². The number of pyridine rings is 1. The Morgan fingerprint density at radius 2 is 2.27 bits per heavy atom. The van der Waals surface area contributed by atoms with E-state index in [1.165, 1.54) is 0 Å². The van der Waals surface area contributed by atoms with Crippen molar-refractivity contribution < 1.29 is 4.79 Å². The van der Waals surface area contributed by atoms with Crippen LogP contribution in [0.5, 0.6) is 0 Å². The number of aromatic nitrogens is 1. The van der Waals surface area contributed by atoms with Crippen molar-refractivity contribution in [1.29, 1.82) is 0 Å². The summed E-state index contributed by atoms with van der Waals surface area (Å²) in [6.45, 7) is 1.50. The van der Waals surface area contributed by atoms with Gasteiger partial charge in [0.1, 0.15) is 4.60 Å². The zero-order valence-corrected chi connectivity index (χ0v) is 9.77. The van der Waals surface area contributed by atoms with Gasteiger partial charge in [-0.2, -0.15) is 0 Å². The van der Waals surface area contributed by atoms with Crippen molar-refractivity contribution in [2.75, 3.05) is 13.1 Å². The minimum atomic E-state index is 0.0550.